The fraction of sp³-hybridized carbons (Fsp3) is 0. The van der Waals surface area contributed by atoms with Crippen molar-refractivity contribution >= 4 is 65.3 Å². The molecule has 0 saturated heterocycles. The summed E-state index contributed by atoms with van der Waals surface area (Å²) in [7, 11) is 0. The molecule has 14 aromatic rings. The first-order valence-corrected chi connectivity index (χ1v) is 23.7. The molecule has 0 saturated carbocycles. The van der Waals surface area contributed by atoms with E-state index in [1.54, 1.807) is 0 Å². The summed E-state index contributed by atoms with van der Waals surface area (Å²) in [5.74, 6) is 1.77. The average Bonchev–Trinajstić information content (AvgIpc) is 3.97. The lowest BCUT2D eigenvalue weighted by atomic mass is 9.97. The molecule has 11 aromatic carbocycles. The molecule has 0 radical (unpaired) electrons. The standard InChI is InChI=1S/C65H40N4O/c1-3-17-41(18-4-1)48-24-11-13-28-52(48)64-66-63(67-65(68-64)53-29-14-12-25-49(53)42-19-5-2-6-20-42)47-32-34-57(54(39-47)46-33-36-61-55(38-46)51-27-15-16-30-60(51)70-61)69-58-35-31-43-21-9-10-26-50(43)62(58)56-37-44-22-7-8-23-45(44)40-59(56)69/h1-40H. The van der Waals surface area contributed by atoms with Crippen molar-refractivity contribution in [3.63, 3.8) is 0 Å². The van der Waals surface area contributed by atoms with E-state index in [9.17, 15) is 0 Å². The van der Waals surface area contributed by atoms with Gasteiger partial charge in [0.15, 0.2) is 17.5 Å². The van der Waals surface area contributed by atoms with Crippen molar-refractivity contribution in [3.05, 3.63) is 243 Å². The first kappa shape index (κ1) is 39.7. The van der Waals surface area contributed by atoms with Crippen molar-refractivity contribution in [1.82, 2.24) is 19.5 Å². The molecule has 5 nitrogen and oxygen atoms in total. The zero-order valence-corrected chi connectivity index (χ0v) is 37.8. The number of fused-ring (bicyclic) bond motifs is 9. The Kier molecular flexibility index (Phi) is 9.14. The Morgan fingerprint density at radius 2 is 0.829 bits per heavy atom. The molecular formula is C65H40N4O. The van der Waals surface area contributed by atoms with Gasteiger partial charge in [-0.3, -0.25) is 0 Å². The molecule has 0 spiro atoms. The number of aromatic nitrogens is 4. The van der Waals surface area contributed by atoms with Crippen LogP contribution in [0.2, 0.25) is 0 Å². The molecule has 0 atom stereocenters. The quantitative estimate of drug-likeness (QED) is 0.160. The number of para-hydroxylation sites is 1. The summed E-state index contributed by atoms with van der Waals surface area (Å²) in [6.45, 7) is 0. The number of nitrogens with zero attached hydrogens (tertiary/aromatic N) is 4. The molecule has 0 aliphatic carbocycles. The predicted molar refractivity (Wildman–Crippen MR) is 289 cm³/mol. The highest BCUT2D eigenvalue weighted by atomic mass is 16.3. The van der Waals surface area contributed by atoms with Crippen LogP contribution in [0.4, 0.5) is 0 Å². The molecule has 326 valence electrons. The van der Waals surface area contributed by atoms with Gasteiger partial charge >= 0.3 is 0 Å². The third-order valence-corrected chi connectivity index (χ3v) is 13.8. The third-order valence-electron chi connectivity index (χ3n) is 13.8. The van der Waals surface area contributed by atoms with Crippen molar-refractivity contribution in [3.8, 4) is 73.2 Å². The maximum atomic E-state index is 6.40. The molecule has 0 unspecified atom stereocenters. The maximum Gasteiger partial charge on any atom is 0.164 e. The number of benzene rings is 11. The van der Waals surface area contributed by atoms with Crippen LogP contribution in [0.15, 0.2) is 247 Å². The lowest BCUT2D eigenvalue weighted by Crippen LogP contribution is -2.03. The van der Waals surface area contributed by atoms with Crippen LogP contribution in [0.5, 0.6) is 0 Å². The highest BCUT2D eigenvalue weighted by Crippen LogP contribution is 2.44. The fourth-order valence-electron chi connectivity index (χ4n) is 10.6. The van der Waals surface area contributed by atoms with Gasteiger partial charge in [0.05, 0.1) is 16.7 Å². The van der Waals surface area contributed by atoms with Crippen LogP contribution >= 0.6 is 0 Å². The van der Waals surface area contributed by atoms with Gasteiger partial charge in [-0.15, -0.1) is 0 Å². The second-order valence-corrected chi connectivity index (χ2v) is 17.9. The highest BCUT2D eigenvalue weighted by Gasteiger charge is 2.23. The molecule has 0 N–H and O–H groups in total. The van der Waals surface area contributed by atoms with Gasteiger partial charge in [-0.25, -0.2) is 15.0 Å². The molecule has 0 aliphatic rings. The Morgan fingerprint density at radius 1 is 0.286 bits per heavy atom. The number of hydrogen-bond acceptors (Lipinski definition) is 4. The van der Waals surface area contributed by atoms with Gasteiger partial charge in [0, 0.05) is 43.8 Å². The van der Waals surface area contributed by atoms with Gasteiger partial charge in [0.25, 0.3) is 0 Å². The summed E-state index contributed by atoms with van der Waals surface area (Å²) < 4.78 is 8.85. The molecule has 5 heteroatoms. The minimum Gasteiger partial charge on any atom is -0.456 e. The van der Waals surface area contributed by atoms with E-state index in [-0.39, 0.29) is 0 Å². The third kappa shape index (κ3) is 6.51. The van der Waals surface area contributed by atoms with Crippen LogP contribution in [-0.2, 0) is 0 Å². The van der Waals surface area contributed by atoms with E-state index >= 15 is 0 Å². The van der Waals surface area contributed by atoms with E-state index in [0.717, 1.165) is 88.7 Å². The SMILES string of the molecule is c1ccc(-c2ccccc2-c2nc(-c3ccc(-n4c5cc6ccccc6cc5c5c6ccccc6ccc54)c(-c4ccc5oc6ccccc6c5c4)c3)nc(-c3ccccc3-c3ccccc3)n2)cc1. The van der Waals surface area contributed by atoms with E-state index in [1.165, 1.54) is 32.3 Å². The van der Waals surface area contributed by atoms with E-state index in [0.29, 0.717) is 17.5 Å². The zero-order chi connectivity index (χ0) is 46.1. The van der Waals surface area contributed by atoms with Gasteiger partial charge < -0.3 is 8.98 Å². The summed E-state index contributed by atoms with van der Waals surface area (Å²) in [5, 5.41) is 9.39. The summed E-state index contributed by atoms with van der Waals surface area (Å²) in [6, 6.07) is 85.9. The summed E-state index contributed by atoms with van der Waals surface area (Å²) in [5.41, 5.74) is 14.1. The van der Waals surface area contributed by atoms with Crippen molar-refractivity contribution in [2.45, 2.75) is 0 Å². The van der Waals surface area contributed by atoms with Gasteiger partial charge in [0.1, 0.15) is 11.2 Å². The van der Waals surface area contributed by atoms with Crippen LogP contribution in [0, 0.1) is 0 Å². The summed E-state index contributed by atoms with van der Waals surface area (Å²) >= 11 is 0. The highest BCUT2D eigenvalue weighted by molar-refractivity contribution is 6.23. The normalized spacial score (nSPS) is 11.7. The summed E-state index contributed by atoms with van der Waals surface area (Å²) in [6.07, 6.45) is 0. The Morgan fingerprint density at radius 3 is 1.53 bits per heavy atom. The first-order chi connectivity index (χ1) is 34.7. The maximum absolute atomic E-state index is 6.40. The summed E-state index contributed by atoms with van der Waals surface area (Å²) in [4.78, 5) is 16.2. The number of rotatable bonds is 7. The van der Waals surface area contributed by atoms with E-state index < -0.39 is 0 Å². The Balaban J connectivity index is 1.06. The van der Waals surface area contributed by atoms with Gasteiger partial charge in [-0.1, -0.05) is 188 Å². The number of furan rings is 1. The predicted octanol–water partition coefficient (Wildman–Crippen LogP) is 17.2. The van der Waals surface area contributed by atoms with Crippen molar-refractivity contribution in [1.29, 1.82) is 0 Å². The monoisotopic (exact) mass is 892 g/mol. The molecule has 0 bridgehead atoms. The Hall–Kier alpha value is -9.45. The molecule has 0 aliphatic heterocycles. The van der Waals surface area contributed by atoms with Gasteiger partial charge in [-0.2, -0.15) is 0 Å². The van der Waals surface area contributed by atoms with E-state index in [2.05, 4.69) is 223 Å². The van der Waals surface area contributed by atoms with Crippen molar-refractivity contribution in [2.24, 2.45) is 0 Å². The zero-order valence-electron chi connectivity index (χ0n) is 37.8. The lowest BCUT2D eigenvalue weighted by Gasteiger charge is -2.17. The minimum atomic E-state index is 0.576. The van der Waals surface area contributed by atoms with Crippen LogP contribution in [0.1, 0.15) is 0 Å². The van der Waals surface area contributed by atoms with Crippen molar-refractivity contribution < 1.29 is 4.42 Å². The number of hydrogen-bond donors (Lipinski definition) is 0. The molecule has 14 rings (SSSR count). The molecule has 70 heavy (non-hydrogen) atoms. The van der Waals surface area contributed by atoms with Crippen LogP contribution < -0.4 is 0 Å². The molecule has 3 heterocycles. The average molecular weight is 893 g/mol. The topological polar surface area (TPSA) is 56.7 Å². The molecule has 0 amide bonds. The van der Waals surface area contributed by atoms with Crippen molar-refractivity contribution in [2.75, 3.05) is 0 Å². The molecule has 3 aromatic heterocycles. The smallest absolute Gasteiger partial charge is 0.164 e. The van der Waals surface area contributed by atoms with E-state index in [1.807, 2.05) is 24.3 Å². The fourth-order valence-corrected chi connectivity index (χ4v) is 10.6. The Labute approximate surface area is 403 Å². The second-order valence-electron chi connectivity index (χ2n) is 17.9. The second kappa shape index (κ2) is 16.1. The minimum absolute atomic E-state index is 0.576. The van der Waals surface area contributed by atoms with E-state index in [4.69, 9.17) is 19.4 Å². The first-order valence-electron chi connectivity index (χ1n) is 23.7. The van der Waals surface area contributed by atoms with Gasteiger partial charge in [0.2, 0.25) is 0 Å². The molecular weight excluding hydrogens is 853 g/mol. The Bertz CT molecular complexity index is 4260. The van der Waals surface area contributed by atoms with Crippen LogP contribution in [0.25, 0.3) is 139 Å². The van der Waals surface area contributed by atoms with Crippen LogP contribution in [-0.4, -0.2) is 19.5 Å². The largest absolute Gasteiger partial charge is 0.456 e. The molecule has 0 fully saturated rings. The van der Waals surface area contributed by atoms with Gasteiger partial charge in [-0.05, 0) is 104 Å². The van der Waals surface area contributed by atoms with Crippen LogP contribution in [0.3, 0.4) is 0 Å². The lowest BCUT2D eigenvalue weighted by molar-refractivity contribution is 0.669.